The first-order valence-corrected chi connectivity index (χ1v) is 5.66. The van der Waals surface area contributed by atoms with Crippen molar-refractivity contribution >= 4 is 17.5 Å². The summed E-state index contributed by atoms with van der Waals surface area (Å²) in [4.78, 5) is 39.6. The Morgan fingerprint density at radius 3 is 2.50 bits per heavy atom. The van der Waals surface area contributed by atoms with Gasteiger partial charge in [0.2, 0.25) is 5.78 Å². The number of phenolic OH excluding ortho intramolecular Hbond substituents is 1. The normalized spacial score (nSPS) is 12.8. The summed E-state index contributed by atoms with van der Waals surface area (Å²) in [5.41, 5.74) is -0.910. The van der Waals surface area contributed by atoms with Crippen LogP contribution in [-0.4, -0.2) is 32.7 Å². The molecule has 1 aromatic heterocycles. The lowest BCUT2D eigenvalue weighted by Crippen LogP contribution is -2.25. The topological polar surface area (TPSA) is 105 Å². The molecule has 1 aliphatic rings. The van der Waals surface area contributed by atoms with Gasteiger partial charge < -0.3 is 10.2 Å². The van der Waals surface area contributed by atoms with Gasteiger partial charge in [-0.1, -0.05) is 12.1 Å². The zero-order valence-corrected chi connectivity index (χ0v) is 9.95. The minimum absolute atomic E-state index is 0.0157. The van der Waals surface area contributed by atoms with E-state index >= 15 is 0 Å². The molecule has 0 spiro atoms. The Balaban J connectivity index is 2.38. The van der Waals surface area contributed by atoms with Gasteiger partial charge in [-0.05, 0) is 12.1 Å². The second kappa shape index (κ2) is 3.99. The fourth-order valence-electron chi connectivity index (χ4n) is 2.26. The minimum Gasteiger partial charge on any atom is -0.507 e. The van der Waals surface area contributed by atoms with E-state index in [1.165, 1.54) is 24.3 Å². The van der Waals surface area contributed by atoms with Crippen molar-refractivity contribution in [3.05, 3.63) is 58.4 Å². The van der Waals surface area contributed by atoms with E-state index in [0.29, 0.717) is 0 Å². The standard InChI is InChI=1S/C14H7NO5/c16-8-3-1-2-6-9(8)13(18)11-10(12(6)17)7(14(19)20)4-5-15-11/h1-5,16H,(H,19,20). The van der Waals surface area contributed by atoms with Gasteiger partial charge in [-0.25, -0.2) is 4.79 Å². The molecule has 98 valence electrons. The zero-order chi connectivity index (χ0) is 14.4. The highest BCUT2D eigenvalue weighted by Gasteiger charge is 2.35. The fourth-order valence-corrected chi connectivity index (χ4v) is 2.26. The number of aromatic nitrogens is 1. The summed E-state index contributed by atoms with van der Waals surface area (Å²) in [6.45, 7) is 0. The highest BCUT2D eigenvalue weighted by Crippen LogP contribution is 2.32. The van der Waals surface area contributed by atoms with Crippen molar-refractivity contribution in [2.75, 3.05) is 0 Å². The van der Waals surface area contributed by atoms with Gasteiger partial charge in [0.25, 0.3) is 0 Å². The molecule has 0 saturated carbocycles. The molecule has 0 aliphatic heterocycles. The van der Waals surface area contributed by atoms with Gasteiger partial charge in [-0.2, -0.15) is 0 Å². The summed E-state index contributed by atoms with van der Waals surface area (Å²) < 4.78 is 0. The average Bonchev–Trinajstić information content (AvgIpc) is 2.43. The fraction of sp³-hybridized carbons (Fsp3) is 0. The molecular weight excluding hydrogens is 262 g/mol. The third-order valence-electron chi connectivity index (χ3n) is 3.14. The number of hydrogen-bond donors (Lipinski definition) is 2. The number of rotatable bonds is 1. The molecular formula is C14H7NO5. The molecule has 1 heterocycles. The average molecular weight is 269 g/mol. The van der Waals surface area contributed by atoms with E-state index in [4.69, 9.17) is 5.11 Å². The first-order valence-electron chi connectivity index (χ1n) is 5.66. The summed E-state index contributed by atoms with van der Waals surface area (Å²) in [5.74, 6) is -2.92. The molecule has 6 nitrogen and oxygen atoms in total. The quantitative estimate of drug-likeness (QED) is 0.689. The number of carboxylic acid groups (broad SMARTS) is 1. The Bertz CT molecular complexity index is 794. The van der Waals surface area contributed by atoms with Crippen molar-refractivity contribution in [2.45, 2.75) is 0 Å². The molecule has 0 saturated heterocycles. The predicted octanol–water partition coefficient (Wildman–Crippen LogP) is 1.26. The minimum atomic E-state index is -1.31. The van der Waals surface area contributed by atoms with Crippen LogP contribution in [0.5, 0.6) is 5.75 Å². The van der Waals surface area contributed by atoms with Crippen LogP contribution in [0.1, 0.15) is 42.3 Å². The number of carbonyl (C=O) groups is 3. The number of hydrogen-bond acceptors (Lipinski definition) is 5. The lowest BCUT2D eigenvalue weighted by Gasteiger charge is -2.18. The maximum absolute atomic E-state index is 12.4. The van der Waals surface area contributed by atoms with Gasteiger partial charge in [0.1, 0.15) is 11.4 Å². The number of nitrogens with zero attached hydrogens (tertiary/aromatic N) is 1. The smallest absolute Gasteiger partial charge is 0.336 e. The molecule has 0 radical (unpaired) electrons. The maximum atomic E-state index is 12.4. The first-order chi connectivity index (χ1) is 9.52. The van der Waals surface area contributed by atoms with E-state index in [0.717, 1.165) is 6.20 Å². The van der Waals surface area contributed by atoms with Crippen LogP contribution in [0.4, 0.5) is 0 Å². The number of benzene rings is 1. The van der Waals surface area contributed by atoms with E-state index in [9.17, 15) is 19.5 Å². The van der Waals surface area contributed by atoms with Gasteiger partial charge in [0.05, 0.1) is 16.7 Å². The van der Waals surface area contributed by atoms with Gasteiger partial charge in [-0.15, -0.1) is 0 Å². The molecule has 0 amide bonds. The van der Waals surface area contributed by atoms with Gasteiger partial charge >= 0.3 is 5.97 Å². The molecule has 3 rings (SSSR count). The van der Waals surface area contributed by atoms with Gasteiger partial charge in [0.15, 0.2) is 5.78 Å². The lowest BCUT2D eigenvalue weighted by atomic mass is 9.84. The number of ketones is 2. The van der Waals surface area contributed by atoms with Crippen LogP contribution in [0.15, 0.2) is 30.5 Å². The van der Waals surface area contributed by atoms with Crippen LogP contribution < -0.4 is 0 Å². The monoisotopic (exact) mass is 269 g/mol. The highest BCUT2D eigenvalue weighted by atomic mass is 16.4. The number of carboxylic acids is 1. The SMILES string of the molecule is O=C(O)c1ccnc2c1C(=O)c1cccc(O)c1C2=O. The van der Waals surface area contributed by atoms with Crippen molar-refractivity contribution in [1.29, 1.82) is 0 Å². The summed E-state index contributed by atoms with van der Waals surface area (Å²) in [6.07, 6.45) is 1.15. The molecule has 6 heteroatoms. The Kier molecular flexibility index (Phi) is 2.40. The Morgan fingerprint density at radius 2 is 1.80 bits per heavy atom. The predicted molar refractivity (Wildman–Crippen MR) is 66.2 cm³/mol. The third-order valence-corrected chi connectivity index (χ3v) is 3.14. The Hall–Kier alpha value is -3.02. The largest absolute Gasteiger partial charge is 0.507 e. The summed E-state index contributed by atoms with van der Waals surface area (Å²) >= 11 is 0. The van der Waals surface area contributed by atoms with E-state index in [1.54, 1.807) is 0 Å². The van der Waals surface area contributed by atoms with Crippen LogP contribution in [0.25, 0.3) is 0 Å². The van der Waals surface area contributed by atoms with Crippen molar-refractivity contribution in [2.24, 2.45) is 0 Å². The number of fused-ring (bicyclic) bond motifs is 2. The Morgan fingerprint density at radius 1 is 1.05 bits per heavy atom. The van der Waals surface area contributed by atoms with Crippen LogP contribution in [0, 0.1) is 0 Å². The van der Waals surface area contributed by atoms with Crippen molar-refractivity contribution in [3.63, 3.8) is 0 Å². The zero-order valence-electron chi connectivity index (χ0n) is 9.95. The van der Waals surface area contributed by atoms with E-state index < -0.39 is 17.5 Å². The Labute approximate surface area is 112 Å². The van der Waals surface area contributed by atoms with Gasteiger partial charge in [0, 0.05) is 11.8 Å². The number of aromatic carboxylic acids is 1. The number of aromatic hydroxyl groups is 1. The second-order valence-electron chi connectivity index (χ2n) is 4.25. The van der Waals surface area contributed by atoms with Crippen LogP contribution in [0.2, 0.25) is 0 Å². The summed E-state index contributed by atoms with van der Waals surface area (Å²) in [7, 11) is 0. The third kappa shape index (κ3) is 1.45. The van der Waals surface area contributed by atoms with E-state index in [2.05, 4.69) is 4.98 Å². The second-order valence-corrected chi connectivity index (χ2v) is 4.25. The van der Waals surface area contributed by atoms with Crippen LogP contribution >= 0.6 is 0 Å². The molecule has 0 bridgehead atoms. The van der Waals surface area contributed by atoms with Crippen molar-refractivity contribution in [3.8, 4) is 5.75 Å². The van der Waals surface area contributed by atoms with Crippen molar-refractivity contribution in [1.82, 2.24) is 4.98 Å². The maximum Gasteiger partial charge on any atom is 0.336 e. The molecule has 0 atom stereocenters. The molecule has 1 aliphatic carbocycles. The molecule has 0 fully saturated rings. The number of phenols is 1. The molecule has 2 aromatic rings. The van der Waals surface area contributed by atoms with Crippen LogP contribution in [0.3, 0.4) is 0 Å². The molecule has 1 aromatic carbocycles. The molecule has 20 heavy (non-hydrogen) atoms. The van der Waals surface area contributed by atoms with E-state index in [-0.39, 0.29) is 33.7 Å². The number of pyridine rings is 1. The first kappa shape index (κ1) is 12.0. The lowest BCUT2D eigenvalue weighted by molar-refractivity contribution is 0.0692. The molecule has 2 N–H and O–H groups in total. The number of carbonyl (C=O) groups excluding carboxylic acids is 2. The van der Waals surface area contributed by atoms with E-state index in [1.807, 2.05) is 0 Å². The van der Waals surface area contributed by atoms with Gasteiger partial charge in [-0.3, -0.25) is 14.6 Å². The summed E-state index contributed by atoms with van der Waals surface area (Å²) in [6, 6.07) is 5.24. The van der Waals surface area contributed by atoms with Crippen LogP contribution in [-0.2, 0) is 0 Å². The molecule has 0 unspecified atom stereocenters. The van der Waals surface area contributed by atoms with Crippen molar-refractivity contribution < 1.29 is 24.6 Å². The highest BCUT2D eigenvalue weighted by molar-refractivity contribution is 6.30. The summed E-state index contributed by atoms with van der Waals surface area (Å²) in [5, 5.41) is 18.8.